The Balaban J connectivity index is 2.35. The van der Waals surface area contributed by atoms with Crippen LogP contribution in [0.25, 0.3) is 11.0 Å². The molecule has 0 spiro atoms. The van der Waals surface area contributed by atoms with Crippen molar-refractivity contribution in [2.24, 2.45) is 0 Å². The van der Waals surface area contributed by atoms with Crippen LogP contribution in [-0.4, -0.2) is 66.7 Å². The molecular formula is C18H23FN4O6. The number of terminal acetylenes is 1. The number of hydrogen-bond donors (Lipinski definition) is 4. The molecule has 29 heavy (non-hydrogen) atoms. The first kappa shape index (κ1) is 22.5. The zero-order valence-corrected chi connectivity index (χ0v) is 16.2. The van der Waals surface area contributed by atoms with Gasteiger partial charge >= 0.3 is 6.09 Å². The van der Waals surface area contributed by atoms with E-state index in [0.29, 0.717) is 5.39 Å². The Kier molecular flexibility index (Phi) is 6.76. The van der Waals surface area contributed by atoms with Crippen molar-refractivity contribution in [3.63, 3.8) is 0 Å². The molecule has 0 unspecified atom stereocenters. The molecule has 11 heteroatoms. The van der Waals surface area contributed by atoms with E-state index >= 15 is 0 Å². The first-order chi connectivity index (χ1) is 13.5. The SMILES string of the molecule is C#C[C@H](O)[C@@](F)(CO)O[C@H](CO)n1ccc2c(NC(=O)OC(C)(C)C)ncnc21. The van der Waals surface area contributed by atoms with Gasteiger partial charge < -0.3 is 29.4 Å². The fourth-order valence-electron chi connectivity index (χ4n) is 2.42. The largest absolute Gasteiger partial charge is 0.444 e. The molecule has 158 valence electrons. The third-order valence-corrected chi connectivity index (χ3v) is 3.71. The summed E-state index contributed by atoms with van der Waals surface area (Å²) in [4.78, 5) is 20.1. The number of hydrogen-bond acceptors (Lipinski definition) is 8. The molecule has 2 heterocycles. The van der Waals surface area contributed by atoms with Crippen molar-refractivity contribution in [1.29, 1.82) is 0 Å². The highest BCUT2D eigenvalue weighted by Gasteiger charge is 2.41. The summed E-state index contributed by atoms with van der Waals surface area (Å²) in [6.07, 6.45) is 3.35. The van der Waals surface area contributed by atoms with Gasteiger partial charge in [-0.2, -0.15) is 0 Å². The maximum Gasteiger partial charge on any atom is 0.413 e. The summed E-state index contributed by atoms with van der Waals surface area (Å²) >= 11 is 0. The lowest BCUT2D eigenvalue weighted by Crippen LogP contribution is -2.45. The van der Waals surface area contributed by atoms with Crippen molar-refractivity contribution < 1.29 is 34.0 Å². The Morgan fingerprint density at radius 3 is 2.66 bits per heavy atom. The number of carbonyl (C=O) groups excluding carboxylic acids is 1. The summed E-state index contributed by atoms with van der Waals surface area (Å²) < 4.78 is 26.1. The molecule has 0 bridgehead atoms. The van der Waals surface area contributed by atoms with Crippen LogP contribution in [0.5, 0.6) is 0 Å². The van der Waals surface area contributed by atoms with E-state index in [4.69, 9.17) is 15.9 Å². The average molecular weight is 410 g/mol. The molecule has 2 rings (SSSR count). The number of halogens is 1. The lowest BCUT2D eigenvalue weighted by molar-refractivity contribution is -0.257. The summed E-state index contributed by atoms with van der Waals surface area (Å²) in [5, 5.41) is 31.3. The summed E-state index contributed by atoms with van der Waals surface area (Å²) in [5.74, 6) is -1.15. The van der Waals surface area contributed by atoms with E-state index in [-0.39, 0.29) is 11.5 Å². The number of aromatic nitrogens is 3. The monoisotopic (exact) mass is 410 g/mol. The first-order valence-corrected chi connectivity index (χ1v) is 8.59. The summed E-state index contributed by atoms with van der Waals surface area (Å²) in [5.41, 5.74) is -0.537. The number of fused-ring (bicyclic) bond motifs is 1. The van der Waals surface area contributed by atoms with Gasteiger partial charge in [0.05, 0.1) is 12.0 Å². The number of alkyl halides is 1. The van der Waals surface area contributed by atoms with Crippen LogP contribution in [0.1, 0.15) is 27.0 Å². The number of anilines is 1. The van der Waals surface area contributed by atoms with Crippen molar-refractivity contribution >= 4 is 22.9 Å². The number of rotatable bonds is 7. The highest BCUT2D eigenvalue weighted by Crippen LogP contribution is 2.29. The minimum atomic E-state index is -3.01. The number of nitrogens with zero attached hydrogens (tertiary/aromatic N) is 3. The van der Waals surface area contributed by atoms with E-state index in [2.05, 4.69) is 15.3 Å². The Labute approximate surface area is 166 Å². The number of aliphatic hydroxyl groups excluding tert-OH is 3. The molecule has 0 radical (unpaired) electrons. The van der Waals surface area contributed by atoms with Gasteiger partial charge in [0.15, 0.2) is 12.3 Å². The fourth-order valence-corrected chi connectivity index (χ4v) is 2.42. The molecule has 2 aromatic rings. The molecule has 0 aliphatic rings. The number of nitrogens with one attached hydrogen (secondary N) is 1. The first-order valence-electron chi connectivity index (χ1n) is 8.59. The molecule has 0 saturated carbocycles. The summed E-state index contributed by atoms with van der Waals surface area (Å²) in [7, 11) is 0. The normalized spacial score (nSPS) is 15.9. The van der Waals surface area contributed by atoms with Crippen LogP contribution in [-0.2, 0) is 9.47 Å². The average Bonchev–Trinajstić information content (AvgIpc) is 3.08. The third kappa shape index (κ3) is 5.18. The van der Waals surface area contributed by atoms with Crippen molar-refractivity contribution in [3.05, 3.63) is 18.6 Å². The van der Waals surface area contributed by atoms with Gasteiger partial charge in [-0.1, -0.05) is 5.92 Å². The van der Waals surface area contributed by atoms with Gasteiger partial charge in [-0.05, 0) is 26.8 Å². The molecular weight excluding hydrogens is 387 g/mol. The molecule has 4 N–H and O–H groups in total. The van der Waals surface area contributed by atoms with Gasteiger partial charge in [0.1, 0.15) is 30.0 Å². The standard InChI is InChI=1S/C18H23FN4O6/c1-5-12(26)18(19,9-25)28-13(8-24)23-7-6-11-14(20-10-21-15(11)23)22-16(27)29-17(2,3)4/h1,6-7,10,12-13,24-26H,8-9H2,2-4H3,(H,20,21,22,27)/t12-,13+,18+/m0/s1. The van der Waals surface area contributed by atoms with E-state index in [9.17, 15) is 24.5 Å². The molecule has 10 nitrogen and oxygen atoms in total. The van der Waals surface area contributed by atoms with E-state index in [1.807, 2.05) is 0 Å². The quantitative estimate of drug-likeness (QED) is 0.495. The maximum absolute atomic E-state index is 14.7. The number of carbonyl (C=O) groups is 1. The second kappa shape index (κ2) is 8.71. The highest BCUT2D eigenvalue weighted by atomic mass is 19.2. The fraction of sp³-hybridized carbons (Fsp3) is 0.500. The minimum absolute atomic E-state index is 0.122. The van der Waals surface area contributed by atoms with Crippen molar-refractivity contribution in [2.45, 2.75) is 44.6 Å². The predicted molar refractivity (Wildman–Crippen MR) is 100 cm³/mol. The Morgan fingerprint density at radius 1 is 1.41 bits per heavy atom. The second-order valence-corrected chi connectivity index (χ2v) is 7.08. The van der Waals surface area contributed by atoms with Gasteiger partial charge in [0.25, 0.3) is 5.85 Å². The van der Waals surface area contributed by atoms with Gasteiger partial charge in [-0.3, -0.25) is 5.32 Å². The molecule has 3 atom stereocenters. The molecule has 1 amide bonds. The molecule has 0 aliphatic heterocycles. The van der Waals surface area contributed by atoms with Crippen LogP contribution < -0.4 is 5.32 Å². The van der Waals surface area contributed by atoms with E-state index < -0.39 is 43.1 Å². The predicted octanol–water partition coefficient (Wildman–Crippen LogP) is 0.938. The summed E-state index contributed by atoms with van der Waals surface area (Å²) in [6, 6.07) is 1.50. The Bertz CT molecular complexity index is 906. The molecule has 0 aromatic carbocycles. The molecule has 0 aliphatic carbocycles. The maximum atomic E-state index is 14.7. The zero-order valence-electron chi connectivity index (χ0n) is 16.2. The van der Waals surface area contributed by atoms with Gasteiger partial charge in [-0.25, -0.2) is 19.2 Å². The van der Waals surface area contributed by atoms with E-state index in [1.165, 1.54) is 16.8 Å². The van der Waals surface area contributed by atoms with Crippen LogP contribution in [0.2, 0.25) is 0 Å². The summed E-state index contributed by atoms with van der Waals surface area (Å²) in [6.45, 7) is 3.14. The molecule has 2 aromatic heterocycles. The van der Waals surface area contributed by atoms with E-state index in [1.54, 1.807) is 26.7 Å². The van der Waals surface area contributed by atoms with Crippen LogP contribution in [0.3, 0.4) is 0 Å². The Hall–Kier alpha value is -2.78. The minimum Gasteiger partial charge on any atom is -0.444 e. The van der Waals surface area contributed by atoms with Crippen LogP contribution in [0, 0.1) is 12.3 Å². The third-order valence-electron chi connectivity index (χ3n) is 3.71. The van der Waals surface area contributed by atoms with E-state index in [0.717, 1.165) is 6.33 Å². The van der Waals surface area contributed by atoms with Gasteiger partial charge in [0.2, 0.25) is 0 Å². The van der Waals surface area contributed by atoms with Gasteiger partial charge in [0, 0.05) is 6.20 Å². The topological polar surface area (TPSA) is 139 Å². The molecule has 0 fully saturated rings. The lowest BCUT2D eigenvalue weighted by atomic mass is 10.2. The zero-order chi connectivity index (χ0) is 21.8. The van der Waals surface area contributed by atoms with Crippen molar-refractivity contribution in [2.75, 3.05) is 18.5 Å². The Morgan fingerprint density at radius 2 is 2.10 bits per heavy atom. The number of ether oxygens (including phenoxy) is 2. The van der Waals surface area contributed by atoms with Crippen LogP contribution in [0.15, 0.2) is 18.6 Å². The second-order valence-electron chi connectivity index (χ2n) is 7.08. The van der Waals surface area contributed by atoms with Crippen molar-refractivity contribution in [1.82, 2.24) is 14.5 Å². The number of aliphatic hydroxyl groups is 3. The van der Waals surface area contributed by atoms with Gasteiger partial charge in [-0.15, -0.1) is 6.42 Å². The van der Waals surface area contributed by atoms with Crippen LogP contribution in [0.4, 0.5) is 15.0 Å². The van der Waals surface area contributed by atoms with Crippen molar-refractivity contribution in [3.8, 4) is 12.3 Å². The smallest absolute Gasteiger partial charge is 0.413 e. The number of amides is 1. The molecule has 0 saturated heterocycles. The van der Waals surface area contributed by atoms with Crippen LogP contribution >= 0.6 is 0 Å². The lowest BCUT2D eigenvalue weighted by Gasteiger charge is -2.30. The highest BCUT2D eigenvalue weighted by molar-refractivity contribution is 5.95.